The first-order valence-corrected chi connectivity index (χ1v) is 10.2. The van der Waals surface area contributed by atoms with Gasteiger partial charge in [0.15, 0.2) is 6.10 Å². The van der Waals surface area contributed by atoms with Gasteiger partial charge < -0.3 is 14.2 Å². The van der Waals surface area contributed by atoms with Crippen LogP contribution in [0.4, 0.5) is 8.78 Å². The van der Waals surface area contributed by atoms with Crippen molar-refractivity contribution in [2.45, 2.75) is 50.1 Å². The van der Waals surface area contributed by atoms with Gasteiger partial charge in [-0.25, -0.2) is 0 Å². The molecule has 0 spiro atoms. The molecule has 3 fully saturated rings. The maximum absolute atomic E-state index is 13.7. The largest absolute Gasteiger partial charge is 0.462 e. The van der Waals surface area contributed by atoms with Crippen LogP contribution in [0.2, 0.25) is 0 Å². The first-order valence-electron chi connectivity index (χ1n) is 8.72. The summed E-state index contributed by atoms with van der Waals surface area (Å²) in [6, 6.07) is 0. The van der Waals surface area contributed by atoms with Crippen LogP contribution in [-0.4, -0.2) is 55.1 Å². The third-order valence-corrected chi connectivity index (χ3v) is 6.75. The zero-order valence-electron chi connectivity index (χ0n) is 14.9. The van der Waals surface area contributed by atoms with Crippen molar-refractivity contribution in [3.63, 3.8) is 0 Å². The van der Waals surface area contributed by atoms with Gasteiger partial charge in [0, 0.05) is 0 Å². The second-order valence-corrected chi connectivity index (χ2v) is 9.34. The van der Waals surface area contributed by atoms with Gasteiger partial charge in [-0.1, -0.05) is 0 Å². The normalized spacial score (nSPS) is 36.3. The van der Waals surface area contributed by atoms with Gasteiger partial charge in [0.1, 0.15) is 12.2 Å². The van der Waals surface area contributed by atoms with Gasteiger partial charge in [-0.2, -0.15) is 17.2 Å². The molecule has 0 radical (unpaired) electrons. The van der Waals surface area contributed by atoms with E-state index in [1.54, 1.807) is 6.92 Å². The molecule has 1 saturated heterocycles. The molecule has 154 valence electrons. The lowest BCUT2D eigenvalue weighted by Gasteiger charge is -2.30. The van der Waals surface area contributed by atoms with Gasteiger partial charge in [-0.15, -0.1) is 0 Å². The van der Waals surface area contributed by atoms with Gasteiger partial charge in [0.25, 0.3) is 0 Å². The van der Waals surface area contributed by atoms with Crippen molar-refractivity contribution in [2.75, 3.05) is 13.2 Å². The molecular formula is C16H22F2O8S. The fourth-order valence-corrected chi connectivity index (χ4v) is 4.49. The van der Waals surface area contributed by atoms with Crippen molar-refractivity contribution in [1.29, 1.82) is 0 Å². The summed E-state index contributed by atoms with van der Waals surface area (Å²) < 4.78 is 72.6. The van der Waals surface area contributed by atoms with Crippen LogP contribution >= 0.6 is 0 Å². The lowest BCUT2D eigenvalue weighted by atomic mass is 9.79. The molecule has 3 rings (SSSR count). The minimum atomic E-state index is -5.75. The molecule has 2 bridgehead atoms. The molecule has 6 atom stereocenters. The lowest BCUT2D eigenvalue weighted by Crippen LogP contribution is -2.45. The van der Waals surface area contributed by atoms with Gasteiger partial charge >= 0.3 is 27.3 Å². The Hall–Kier alpha value is -1.33. The van der Waals surface area contributed by atoms with E-state index in [4.69, 9.17) is 14.0 Å². The number of alkyl halides is 2. The van der Waals surface area contributed by atoms with Crippen molar-refractivity contribution in [3.05, 3.63) is 0 Å². The second kappa shape index (κ2) is 6.63. The number of hydrogen-bond acceptors (Lipinski definition) is 7. The fraction of sp³-hybridized carbons (Fsp3) is 0.875. The number of ether oxygens (including phenoxy) is 3. The standard InChI is InChI=1S/C16H22F2O8S/c1-8(16(17,18)27(21,22)23)26-14(20)12-10-4-3-9(5-10)11(12)13(19)24-6-15(2)7-25-15/h8-12H,3-7H2,1-2H3,(H,21,22,23). The summed E-state index contributed by atoms with van der Waals surface area (Å²) in [4.78, 5) is 25.0. The SMILES string of the molecule is CC(OC(=O)C1C2CCC(C2)C1C(=O)OCC1(C)CO1)C(F)(F)S(=O)(=O)O. The molecule has 1 N–H and O–H groups in total. The minimum absolute atomic E-state index is 0.0404. The molecule has 0 aromatic heterocycles. The third kappa shape index (κ3) is 3.81. The van der Waals surface area contributed by atoms with Crippen molar-refractivity contribution in [2.24, 2.45) is 23.7 Å². The van der Waals surface area contributed by atoms with E-state index >= 15 is 0 Å². The number of carbonyl (C=O) groups excluding carboxylic acids is 2. The van der Waals surface area contributed by atoms with Crippen LogP contribution in [-0.2, 0) is 33.9 Å². The molecule has 27 heavy (non-hydrogen) atoms. The molecule has 0 aromatic carbocycles. The monoisotopic (exact) mass is 412 g/mol. The highest BCUT2D eigenvalue weighted by atomic mass is 32.2. The highest BCUT2D eigenvalue weighted by molar-refractivity contribution is 7.86. The Kier molecular flexibility index (Phi) is 5.01. The maximum Gasteiger partial charge on any atom is 0.405 e. The molecule has 0 aromatic rings. The van der Waals surface area contributed by atoms with Crippen molar-refractivity contribution < 1.29 is 45.6 Å². The number of epoxide rings is 1. The molecule has 3 aliphatic rings. The first-order chi connectivity index (χ1) is 12.4. The van der Waals surface area contributed by atoms with E-state index in [1.165, 1.54) is 0 Å². The quantitative estimate of drug-likeness (QED) is 0.379. The lowest BCUT2D eigenvalue weighted by molar-refractivity contribution is -0.174. The summed E-state index contributed by atoms with van der Waals surface area (Å²) in [5.74, 6) is -3.78. The average molecular weight is 412 g/mol. The molecule has 0 amide bonds. The Morgan fingerprint density at radius 1 is 1.26 bits per heavy atom. The predicted octanol–water partition coefficient (Wildman–Crippen LogP) is 1.39. The molecular weight excluding hydrogens is 390 g/mol. The summed E-state index contributed by atoms with van der Waals surface area (Å²) in [6.45, 7) is 2.95. The Morgan fingerprint density at radius 2 is 1.78 bits per heavy atom. The van der Waals surface area contributed by atoms with Crippen LogP contribution in [0.3, 0.4) is 0 Å². The van der Waals surface area contributed by atoms with Gasteiger partial charge in [0.05, 0.1) is 18.4 Å². The third-order valence-electron chi connectivity index (χ3n) is 5.73. The fourth-order valence-electron chi connectivity index (χ4n) is 4.03. The Balaban J connectivity index is 1.69. The van der Waals surface area contributed by atoms with Crippen LogP contribution in [0.5, 0.6) is 0 Å². The number of fused-ring (bicyclic) bond motifs is 2. The van der Waals surface area contributed by atoms with Crippen LogP contribution < -0.4 is 0 Å². The molecule has 8 nitrogen and oxygen atoms in total. The zero-order valence-corrected chi connectivity index (χ0v) is 15.7. The number of halogens is 2. The van der Waals surface area contributed by atoms with E-state index in [-0.39, 0.29) is 18.4 Å². The van der Waals surface area contributed by atoms with E-state index in [0.717, 1.165) is 6.42 Å². The second-order valence-electron chi connectivity index (χ2n) is 7.85. The Morgan fingerprint density at radius 3 is 2.26 bits per heavy atom. The summed E-state index contributed by atoms with van der Waals surface area (Å²) >= 11 is 0. The summed E-state index contributed by atoms with van der Waals surface area (Å²) in [6.07, 6.45) is -0.442. The summed E-state index contributed by atoms with van der Waals surface area (Å²) in [5, 5.41) is -4.64. The van der Waals surface area contributed by atoms with Crippen LogP contribution in [0.25, 0.3) is 0 Å². The average Bonchev–Trinajstić information content (AvgIpc) is 2.99. The van der Waals surface area contributed by atoms with Crippen LogP contribution in [0, 0.1) is 23.7 Å². The van der Waals surface area contributed by atoms with Gasteiger partial charge in [-0.3, -0.25) is 14.1 Å². The highest BCUT2D eigenvalue weighted by Crippen LogP contribution is 2.53. The van der Waals surface area contributed by atoms with Gasteiger partial charge in [0.2, 0.25) is 0 Å². The van der Waals surface area contributed by atoms with E-state index in [9.17, 15) is 26.8 Å². The maximum atomic E-state index is 13.7. The van der Waals surface area contributed by atoms with E-state index < -0.39 is 50.9 Å². The number of hydrogen-bond donors (Lipinski definition) is 1. The number of rotatable bonds is 7. The van der Waals surface area contributed by atoms with E-state index in [0.29, 0.717) is 26.4 Å². The van der Waals surface area contributed by atoms with Crippen molar-refractivity contribution >= 4 is 22.1 Å². The topological polar surface area (TPSA) is 120 Å². The van der Waals surface area contributed by atoms with E-state index in [1.807, 2.05) is 0 Å². The number of carbonyl (C=O) groups is 2. The Labute approximate surface area is 155 Å². The molecule has 11 heteroatoms. The predicted molar refractivity (Wildman–Crippen MR) is 85.2 cm³/mol. The van der Waals surface area contributed by atoms with Crippen LogP contribution in [0.15, 0.2) is 0 Å². The molecule has 1 aliphatic heterocycles. The molecule has 6 unspecified atom stereocenters. The molecule has 2 saturated carbocycles. The summed E-state index contributed by atoms with van der Waals surface area (Å²) in [5.41, 5.74) is -0.519. The van der Waals surface area contributed by atoms with Gasteiger partial charge in [-0.05, 0) is 44.9 Å². The molecule has 1 heterocycles. The smallest absolute Gasteiger partial charge is 0.405 e. The van der Waals surface area contributed by atoms with E-state index in [2.05, 4.69) is 4.74 Å². The number of esters is 2. The zero-order chi connectivity index (χ0) is 20.2. The van der Waals surface area contributed by atoms with Crippen LogP contribution in [0.1, 0.15) is 33.1 Å². The minimum Gasteiger partial charge on any atom is -0.462 e. The highest BCUT2D eigenvalue weighted by Gasteiger charge is 2.58. The van der Waals surface area contributed by atoms with Crippen molar-refractivity contribution in [3.8, 4) is 0 Å². The Bertz CT molecular complexity index is 733. The van der Waals surface area contributed by atoms with Crippen molar-refractivity contribution in [1.82, 2.24) is 0 Å². The first kappa shape index (κ1) is 20.4. The summed E-state index contributed by atoms with van der Waals surface area (Å²) in [7, 11) is -5.75. The molecule has 2 aliphatic carbocycles.